The van der Waals surface area contributed by atoms with Crippen LogP contribution in [0, 0.1) is 5.92 Å². The number of carboxylic acid groups (broad SMARTS) is 2. The molecule has 7 nitrogen and oxygen atoms in total. The number of hydrogen-bond donors (Lipinski definition) is 2. The summed E-state index contributed by atoms with van der Waals surface area (Å²) in [5, 5.41) is 18.5. The highest BCUT2D eigenvalue weighted by Crippen LogP contribution is 2.36. The minimum absolute atomic E-state index is 0.00688. The van der Waals surface area contributed by atoms with Crippen molar-refractivity contribution >= 4 is 40.9 Å². The summed E-state index contributed by atoms with van der Waals surface area (Å²) in [4.78, 5) is 35.6. The molecular weight excluding hydrogens is 387 g/mol. The maximum atomic E-state index is 12.8. The predicted octanol–water partition coefficient (Wildman–Crippen LogP) is 3.36. The molecule has 0 radical (unpaired) electrons. The summed E-state index contributed by atoms with van der Waals surface area (Å²) in [5.74, 6) is -4.25. The van der Waals surface area contributed by atoms with E-state index in [-0.39, 0.29) is 44.7 Å². The number of aromatic carboxylic acids is 1. The van der Waals surface area contributed by atoms with E-state index < -0.39 is 23.6 Å². The second-order valence-corrected chi connectivity index (χ2v) is 6.17. The number of carboxylic acids is 2. The van der Waals surface area contributed by atoms with Gasteiger partial charge in [-0.15, -0.1) is 0 Å². The van der Waals surface area contributed by atoms with Crippen molar-refractivity contribution in [1.29, 1.82) is 0 Å². The van der Waals surface area contributed by atoms with Gasteiger partial charge in [-0.1, -0.05) is 23.2 Å². The van der Waals surface area contributed by atoms with Crippen molar-refractivity contribution in [2.75, 3.05) is 14.2 Å². The molecule has 1 aromatic carbocycles. The van der Waals surface area contributed by atoms with Crippen molar-refractivity contribution in [3.63, 3.8) is 0 Å². The normalized spacial score (nSPS) is 16.8. The molecule has 0 fully saturated rings. The van der Waals surface area contributed by atoms with Crippen molar-refractivity contribution in [2.45, 2.75) is 6.42 Å². The van der Waals surface area contributed by atoms with Crippen LogP contribution in [0.3, 0.4) is 0 Å². The van der Waals surface area contributed by atoms with Gasteiger partial charge in [0.15, 0.2) is 11.5 Å². The molecule has 0 bridgehead atoms. The number of Topliss-reactive ketones (excluding diaryl/α,β-unsaturated/α-hetero) is 1. The Morgan fingerprint density at radius 3 is 2.27 bits per heavy atom. The Morgan fingerprint density at radius 2 is 1.77 bits per heavy atom. The number of allylic oxidation sites excluding steroid dienone is 3. The fraction of sp³-hybridized carbons (Fsp3) is 0.235. The van der Waals surface area contributed by atoms with Crippen LogP contribution < -0.4 is 4.74 Å². The van der Waals surface area contributed by atoms with Crippen molar-refractivity contribution in [1.82, 2.24) is 0 Å². The highest BCUT2D eigenvalue weighted by molar-refractivity contribution is 6.34. The van der Waals surface area contributed by atoms with E-state index in [1.807, 2.05) is 0 Å². The highest BCUT2D eigenvalue weighted by Gasteiger charge is 2.33. The summed E-state index contributed by atoms with van der Waals surface area (Å²) in [5.41, 5.74) is -0.205. The van der Waals surface area contributed by atoms with E-state index in [0.29, 0.717) is 0 Å². The summed E-state index contributed by atoms with van der Waals surface area (Å²) in [7, 11) is 2.55. The first-order valence-corrected chi connectivity index (χ1v) is 7.99. The Kier molecular flexibility index (Phi) is 5.94. The molecule has 0 saturated heterocycles. The zero-order valence-electron chi connectivity index (χ0n) is 13.7. The summed E-state index contributed by atoms with van der Waals surface area (Å²) in [6, 6.07) is 2.38. The molecule has 26 heavy (non-hydrogen) atoms. The van der Waals surface area contributed by atoms with Gasteiger partial charge >= 0.3 is 11.9 Å². The predicted molar refractivity (Wildman–Crippen MR) is 93.0 cm³/mol. The van der Waals surface area contributed by atoms with Crippen molar-refractivity contribution in [3.05, 3.63) is 50.7 Å². The van der Waals surface area contributed by atoms with E-state index in [2.05, 4.69) is 0 Å². The molecule has 2 N–H and O–H groups in total. The molecule has 0 saturated carbocycles. The summed E-state index contributed by atoms with van der Waals surface area (Å²) in [6.45, 7) is 0. The van der Waals surface area contributed by atoms with Gasteiger partial charge in [0.1, 0.15) is 17.2 Å². The van der Waals surface area contributed by atoms with Gasteiger partial charge in [0.05, 0.1) is 24.3 Å². The Hall–Kier alpha value is -2.51. The van der Waals surface area contributed by atoms with Crippen LogP contribution in [0.5, 0.6) is 5.75 Å². The molecule has 0 aromatic heterocycles. The van der Waals surface area contributed by atoms with Gasteiger partial charge in [-0.2, -0.15) is 0 Å². The molecule has 0 heterocycles. The monoisotopic (exact) mass is 400 g/mol. The third-order valence-electron chi connectivity index (χ3n) is 3.83. The van der Waals surface area contributed by atoms with Crippen LogP contribution in [0.4, 0.5) is 0 Å². The quantitative estimate of drug-likeness (QED) is 0.704. The number of halogens is 2. The third-order valence-corrected chi connectivity index (χ3v) is 4.40. The number of ether oxygens (including phenoxy) is 2. The SMILES string of the molecule is COC1=C(Cl)C=C(C(=O)c2cc(Cl)c(OC)c(C(=O)O)c2)CC1C(=O)O. The number of benzene rings is 1. The average Bonchev–Trinajstić information content (AvgIpc) is 2.59. The van der Waals surface area contributed by atoms with E-state index in [1.54, 1.807) is 0 Å². The highest BCUT2D eigenvalue weighted by atomic mass is 35.5. The summed E-state index contributed by atoms with van der Waals surface area (Å²) in [6.07, 6.45) is 1.15. The largest absolute Gasteiger partial charge is 0.499 e. The molecule has 1 aromatic rings. The lowest BCUT2D eigenvalue weighted by molar-refractivity contribution is -0.141. The third kappa shape index (κ3) is 3.68. The van der Waals surface area contributed by atoms with E-state index >= 15 is 0 Å². The Balaban J connectivity index is 2.51. The van der Waals surface area contributed by atoms with Gasteiger partial charge in [0, 0.05) is 11.1 Å². The molecule has 0 aliphatic heterocycles. The Bertz CT molecular complexity index is 855. The molecule has 1 unspecified atom stereocenters. The molecule has 0 amide bonds. The zero-order chi connectivity index (χ0) is 19.6. The van der Waals surface area contributed by atoms with Crippen LogP contribution in [0.25, 0.3) is 0 Å². The lowest BCUT2D eigenvalue weighted by Gasteiger charge is -2.22. The molecule has 1 aliphatic rings. The molecule has 1 atom stereocenters. The van der Waals surface area contributed by atoms with Gasteiger partial charge < -0.3 is 19.7 Å². The molecule has 1 aliphatic carbocycles. The number of methoxy groups -OCH3 is 2. The van der Waals surface area contributed by atoms with E-state index in [0.717, 1.165) is 6.07 Å². The molecule has 9 heteroatoms. The second kappa shape index (κ2) is 7.80. The Morgan fingerprint density at radius 1 is 1.12 bits per heavy atom. The lowest BCUT2D eigenvalue weighted by Crippen LogP contribution is -2.24. The van der Waals surface area contributed by atoms with Crippen LogP contribution in [0.2, 0.25) is 5.02 Å². The molecule has 0 spiro atoms. The first kappa shape index (κ1) is 19.8. The van der Waals surface area contributed by atoms with Crippen LogP contribution in [0.1, 0.15) is 27.1 Å². The number of hydrogen-bond acceptors (Lipinski definition) is 5. The number of ketones is 1. The van der Waals surface area contributed by atoms with Gasteiger partial charge in [0.2, 0.25) is 0 Å². The van der Waals surface area contributed by atoms with Crippen molar-refractivity contribution in [2.24, 2.45) is 5.92 Å². The Labute approximate surface area is 158 Å². The number of aliphatic carboxylic acids is 1. The fourth-order valence-electron chi connectivity index (χ4n) is 2.64. The van der Waals surface area contributed by atoms with Crippen LogP contribution in [-0.4, -0.2) is 42.2 Å². The number of rotatable bonds is 6. The van der Waals surface area contributed by atoms with Crippen LogP contribution in [0.15, 0.2) is 34.6 Å². The maximum Gasteiger partial charge on any atom is 0.339 e. The van der Waals surface area contributed by atoms with Gasteiger partial charge in [-0.3, -0.25) is 9.59 Å². The topological polar surface area (TPSA) is 110 Å². The minimum atomic E-state index is -1.32. The summed E-state index contributed by atoms with van der Waals surface area (Å²) >= 11 is 12.0. The first-order valence-electron chi connectivity index (χ1n) is 7.23. The van der Waals surface area contributed by atoms with Crippen LogP contribution in [-0.2, 0) is 9.53 Å². The number of carbonyl (C=O) groups excluding carboxylic acids is 1. The van der Waals surface area contributed by atoms with Gasteiger partial charge in [-0.05, 0) is 24.6 Å². The standard InChI is InChI=1S/C17H14Cl2O7/c1-25-14-9(16(21)22)3-7(5-11(14)18)13(20)8-4-10(17(23)24)15(26-2)12(19)6-8/h3,5-6,10H,4H2,1-2H3,(H,21,22)(H,23,24). The maximum absolute atomic E-state index is 12.8. The van der Waals surface area contributed by atoms with E-state index in [1.165, 1.54) is 26.4 Å². The molecular formula is C17H14Cl2O7. The van der Waals surface area contributed by atoms with Crippen molar-refractivity contribution in [3.8, 4) is 5.75 Å². The van der Waals surface area contributed by atoms with Crippen LogP contribution >= 0.6 is 23.2 Å². The lowest BCUT2D eigenvalue weighted by atomic mass is 9.87. The van der Waals surface area contributed by atoms with Gasteiger partial charge in [-0.25, -0.2) is 4.79 Å². The van der Waals surface area contributed by atoms with E-state index in [4.69, 9.17) is 32.7 Å². The first-order chi connectivity index (χ1) is 12.2. The summed E-state index contributed by atoms with van der Waals surface area (Å²) < 4.78 is 9.96. The average molecular weight is 401 g/mol. The molecule has 138 valence electrons. The number of carbonyl (C=O) groups is 3. The van der Waals surface area contributed by atoms with E-state index in [9.17, 15) is 24.6 Å². The van der Waals surface area contributed by atoms with Crippen molar-refractivity contribution < 1.29 is 34.1 Å². The molecule has 2 rings (SSSR count). The second-order valence-electron chi connectivity index (χ2n) is 5.35. The smallest absolute Gasteiger partial charge is 0.339 e. The fourth-order valence-corrected chi connectivity index (χ4v) is 3.27. The zero-order valence-corrected chi connectivity index (χ0v) is 15.2. The minimum Gasteiger partial charge on any atom is -0.499 e. The van der Waals surface area contributed by atoms with Gasteiger partial charge in [0.25, 0.3) is 0 Å².